The number of furan rings is 1. The van der Waals surface area contributed by atoms with Gasteiger partial charge in [-0.2, -0.15) is 0 Å². The van der Waals surface area contributed by atoms with Gasteiger partial charge >= 0.3 is 0 Å². The molecule has 0 unspecified atom stereocenters. The van der Waals surface area contributed by atoms with Gasteiger partial charge < -0.3 is 8.98 Å². The van der Waals surface area contributed by atoms with Crippen molar-refractivity contribution in [2.45, 2.75) is 42.4 Å². The number of nitrogens with zero attached hydrogens (tertiary/aromatic N) is 5. The van der Waals surface area contributed by atoms with Crippen molar-refractivity contribution in [3.63, 3.8) is 0 Å². The molecule has 0 fully saturated rings. The summed E-state index contributed by atoms with van der Waals surface area (Å²) in [6.07, 6.45) is 6.19. The second-order valence-electron chi connectivity index (χ2n) is 5.92. The first kappa shape index (κ1) is 14.0. The molecule has 4 aromatic rings. The van der Waals surface area contributed by atoms with E-state index in [0.717, 1.165) is 51.0 Å². The van der Waals surface area contributed by atoms with Crippen molar-refractivity contribution in [3.8, 4) is 0 Å². The summed E-state index contributed by atoms with van der Waals surface area (Å²) in [4.78, 5) is 8.83. The summed E-state index contributed by atoms with van der Waals surface area (Å²) in [5.74, 6) is 1.07. The van der Waals surface area contributed by atoms with E-state index in [1.54, 1.807) is 6.33 Å². The van der Waals surface area contributed by atoms with Gasteiger partial charge in [-0.25, -0.2) is 9.97 Å². The van der Waals surface area contributed by atoms with Crippen LogP contribution < -0.4 is 0 Å². The Balaban J connectivity index is 1.62. The van der Waals surface area contributed by atoms with E-state index in [4.69, 9.17) is 4.42 Å². The molecule has 0 aliphatic carbocycles. The molecule has 3 aromatic heterocycles. The van der Waals surface area contributed by atoms with E-state index >= 15 is 0 Å². The summed E-state index contributed by atoms with van der Waals surface area (Å²) < 4.78 is 8.21. The number of hydrogen-bond donors (Lipinski definition) is 0. The van der Waals surface area contributed by atoms with Crippen molar-refractivity contribution in [2.75, 3.05) is 0 Å². The van der Waals surface area contributed by atoms with E-state index in [2.05, 4.69) is 24.7 Å². The van der Waals surface area contributed by atoms with Gasteiger partial charge in [0, 0.05) is 18.4 Å². The van der Waals surface area contributed by atoms with Gasteiger partial charge in [0.25, 0.3) is 0 Å². The minimum atomic E-state index is 0.717. The molecule has 5 rings (SSSR count). The maximum atomic E-state index is 6.00. The Bertz CT molecular complexity index is 1040. The molecule has 0 spiro atoms. The molecule has 0 saturated carbocycles. The van der Waals surface area contributed by atoms with Gasteiger partial charge in [-0.1, -0.05) is 18.6 Å². The number of aromatic nitrogens is 5. The molecule has 24 heavy (non-hydrogen) atoms. The first-order chi connectivity index (χ1) is 11.9. The zero-order valence-corrected chi connectivity index (χ0v) is 13.8. The third-order valence-electron chi connectivity index (χ3n) is 4.39. The van der Waals surface area contributed by atoms with E-state index in [9.17, 15) is 0 Å². The molecule has 0 saturated heterocycles. The number of aryl methyl sites for hydroxylation is 1. The summed E-state index contributed by atoms with van der Waals surface area (Å²) in [5.41, 5.74) is 2.39. The smallest absolute Gasteiger partial charge is 0.197 e. The van der Waals surface area contributed by atoms with E-state index in [0.29, 0.717) is 0 Å². The lowest BCUT2D eigenvalue weighted by Gasteiger charge is -2.05. The van der Waals surface area contributed by atoms with Crippen LogP contribution in [0.4, 0.5) is 0 Å². The van der Waals surface area contributed by atoms with Crippen molar-refractivity contribution in [2.24, 2.45) is 0 Å². The lowest BCUT2D eigenvalue weighted by atomic mass is 10.2. The number of fused-ring (bicyclic) bond motifs is 4. The Morgan fingerprint density at radius 2 is 2.00 bits per heavy atom. The Morgan fingerprint density at radius 3 is 3.00 bits per heavy atom. The highest BCUT2D eigenvalue weighted by molar-refractivity contribution is 7.99. The molecule has 0 amide bonds. The van der Waals surface area contributed by atoms with Crippen LogP contribution in [0, 0.1) is 0 Å². The highest BCUT2D eigenvalue weighted by Gasteiger charge is 2.19. The average molecular weight is 337 g/mol. The van der Waals surface area contributed by atoms with Crippen LogP contribution >= 0.6 is 11.8 Å². The third kappa shape index (κ3) is 2.19. The quantitative estimate of drug-likeness (QED) is 0.518. The van der Waals surface area contributed by atoms with Crippen LogP contribution in [0.15, 0.2) is 45.2 Å². The first-order valence-electron chi connectivity index (χ1n) is 8.12. The third-order valence-corrected chi connectivity index (χ3v) is 5.36. The fraction of sp³-hybridized carbons (Fsp3) is 0.294. The van der Waals surface area contributed by atoms with Crippen molar-refractivity contribution in [3.05, 3.63) is 36.4 Å². The van der Waals surface area contributed by atoms with Gasteiger partial charge in [0.1, 0.15) is 23.3 Å². The Morgan fingerprint density at radius 1 is 1.04 bits per heavy atom. The molecule has 0 radical (unpaired) electrons. The zero-order valence-electron chi connectivity index (χ0n) is 13.0. The highest BCUT2D eigenvalue weighted by Crippen LogP contribution is 2.35. The van der Waals surface area contributed by atoms with E-state index < -0.39 is 0 Å². The SMILES string of the molecule is c1ccc2c(c1)oc1c(Sc3nnc4n3CCCCC4)ncnc12. The molecule has 0 N–H and O–H groups in total. The van der Waals surface area contributed by atoms with Crippen LogP contribution in [-0.4, -0.2) is 24.7 Å². The second-order valence-corrected chi connectivity index (χ2v) is 6.87. The van der Waals surface area contributed by atoms with Gasteiger partial charge in [-0.05, 0) is 36.7 Å². The molecular formula is C17H15N5OS. The number of benzene rings is 1. The van der Waals surface area contributed by atoms with Crippen molar-refractivity contribution < 1.29 is 4.42 Å². The fourth-order valence-corrected chi connectivity index (χ4v) is 4.09. The predicted octanol–water partition coefficient (Wildman–Crippen LogP) is 3.85. The van der Waals surface area contributed by atoms with Gasteiger partial charge in [0.15, 0.2) is 15.8 Å². The lowest BCUT2D eigenvalue weighted by Crippen LogP contribution is -2.02. The fourth-order valence-electron chi connectivity index (χ4n) is 3.20. The molecular weight excluding hydrogens is 322 g/mol. The maximum Gasteiger partial charge on any atom is 0.197 e. The van der Waals surface area contributed by atoms with Crippen LogP contribution in [0.2, 0.25) is 0 Å². The second kappa shape index (κ2) is 5.59. The van der Waals surface area contributed by atoms with Crippen molar-refractivity contribution in [1.82, 2.24) is 24.7 Å². The van der Waals surface area contributed by atoms with Gasteiger partial charge in [-0.3, -0.25) is 0 Å². The van der Waals surface area contributed by atoms with E-state index in [1.165, 1.54) is 31.0 Å². The maximum absolute atomic E-state index is 6.00. The molecule has 4 heterocycles. The summed E-state index contributed by atoms with van der Waals surface area (Å²) >= 11 is 1.51. The van der Waals surface area contributed by atoms with Crippen LogP contribution in [0.3, 0.4) is 0 Å². The normalized spacial score (nSPS) is 14.8. The monoisotopic (exact) mass is 337 g/mol. The zero-order chi connectivity index (χ0) is 15.9. The lowest BCUT2D eigenvalue weighted by molar-refractivity contribution is 0.590. The molecule has 1 aliphatic rings. The number of para-hydroxylation sites is 1. The minimum Gasteiger partial charge on any atom is -0.451 e. The standard InChI is InChI=1S/C17H15N5OS/c1-2-8-13-20-21-17(22(13)9-5-1)24-16-15-14(18-10-19-16)11-6-3-4-7-12(11)23-15/h3-4,6-7,10H,1-2,5,8-9H2. The number of hydrogen-bond acceptors (Lipinski definition) is 6. The Labute approximate surface area is 142 Å². The predicted molar refractivity (Wildman–Crippen MR) is 91.0 cm³/mol. The molecule has 0 atom stereocenters. The molecule has 0 bridgehead atoms. The van der Waals surface area contributed by atoms with Crippen LogP contribution in [0.25, 0.3) is 22.1 Å². The van der Waals surface area contributed by atoms with Crippen LogP contribution in [0.1, 0.15) is 25.1 Å². The summed E-state index contributed by atoms with van der Waals surface area (Å²) in [6.45, 7) is 0.971. The van der Waals surface area contributed by atoms with E-state index in [1.807, 2.05) is 24.3 Å². The Hall–Kier alpha value is -2.41. The topological polar surface area (TPSA) is 69.6 Å². The number of rotatable bonds is 2. The van der Waals surface area contributed by atoms with Gasteiger partial charge in [0.05, 0.1) is 0 Å². The van der Waals surface area contributed by atoms with Gasteiger partial charge in [-0.15, -0.1) is 10.2 Å². The van der Waals surface area contributed by atoms with Crippen molar-refractivity contribution in [1.29, 1.82) is 0 Å². The van der Waals surface area contributed by atoms with Crippen LogP contribution in [0.5, 0.6) is 0 Å². The van der Waals surface area contributed by atoms with E-state index in [-0.39, 0.29) is 0 Å². The summed E-state index contributed by atoms with van der Waals surface area (Å²) in [6, 6.07) is 7.92. The van der Waals surface area contributed by atoms with Crippen LogP contribution in [-0.2, 0) is 13.0 Å². The molecule has 1 aromatic carbocycles. The summed E-state index contributed by atoms with van der Waals surface area (Å²) in [7, 11) is 0. The summed E-state index contributed by atoms with van der Waals surface area (Å²) in [5, 5.41) is 11.4. The molecule has 7 heteroatoms. The molecule has 6 nitrogen and oxygen atoms in total. The van der Waals surface area contributed by atoms with Gasteiger partial charge in [0.2, 0.25) is 0 Å². The minimum absolute atomic E-state index is 0.717. The average Bonchev–Trinajstić information content (AvgIpc) is 3.09. The highest BCUT2D eigenvalue weighted by atomic mass is 32.2. The van der Waals surface area contributed by atoms with Crippen molar-refractivity contribution >= 4 is 33.8 Å². The Kier molecular flexibility index (Phi) is 3.26. The first-order valence-corrected chi connectivity index (χ1v) is 8.94. The molecule has 120 valence electrons. The molecule has 1 aliphatic heterocycles. The largest absolute Gasteiger partial charge is 0.451 e.